The molecule has 1 aliphatic heterocycles. The van der Waals surface area contributed by atoms with E-state index in [0.717, 1.165) is 46.1 Å². The van der Waals surface area contributed by atoms with Crippen molar-refractivity contribution in [3.63, 3.8) is 0 Å². The fourth-order valence-corrected chi connectivity index (χ4v) is 4.99. The molecule has 3 heterocycles. The van der Waals surface area contributed by atoms with Gasteiger partial charge < -0.3 is 10.6 Å². The number of fused-ring (bicyclic) bond motifs is 1. The number of hydrogen-bond acceptors (Lipinski definition) is 6. The van der Waals surface area contributed by atoms with Crippen molar-refractivity contribution in [3.05, 3.63) is 76.6 Å². The SMILES string of the molecule is NC(=O)[C@@H](c1ccc(Cl)cc1)N1CCN(c2nc(-c3cccs3)nc3ccccc23)CC1. The number of para-hydroxylation sites is 1. The number of thiophene rings is 1. The van der Waals surface area contributed by atoms with Gasteiger partial charge in [0.2, 0.25) is 5.91 Å². The molecule has 4 aromatic rings. The molecule has 2 aromatic heterocycles. The van der Waals surface area contributed by atoms with Crippen molar-refractivity contribution in [3.8, 4) is 10.7 Å². The van der Waals surface area contributed by atoms with Crippen LogP contribution in [0, 0.1) is 0 Å². The molecule has 1 fully saturated rings. The molecule has 0 radical (unpaired) electrons. The van der Waals surface area contributed by atoms with Crippen molar-refractivity contribution in [1.82, 2.24) is 14.9 Å². The topological polar surface area (TPSA) is 75.4 Å². The number of benzene rings is 2. The molecule has 1 saturated heterocycles. The van der Waals surface area contributed by atoms with Crippen molar-refractivity contribution >= 4 is 45.6 Å². The zero-order valence-corrected chi connectivity index (χ0v) is 18.9. The Morgan fingerprint density at radius 1 is 0.969 bits per heavy atom. The summed E-state index contributed by atoms with van der Waals surface area (Å²) in [5, 5.41) is 3.71. The van der Waals surface area contributed by atoms with Crippen molar-refractivity contribution < 1.29 is 4.79 Å². The van der Waals surface area contributed by atoms with E-state index in [1.165, 1.54) is 0 Å². The number of piperazine rings is 1. The van der Waals surface area contributed by atoms with Gasteiger partial charge in [-0.2, -0.15) is 0 Å². The van der Waals surface area contributed by atoms with Crippen LogP contribution in [0.15, 0.2) is 66.0 Å². The maximum Gasteiger partial charge on any atom is 0.239 e. The Labute approximate surface area is 195 Å². The second-order valence-electron chi connectivity index (χ2n) is 7.74. The molecule has 6 nitrogen and oxygen atoms in total. The summed E-state index contributed by atoms with van der Waals surface area (Å²) in [5.41, 5.74) is 7.58. The van der Waals surface area contributed by atoms with Gasteiger partial charge in [-0.1, -0.05) is 41.9 Å². The first-order chi connectivity index (χ1) is 15.6. The van der Waals surface area contributed by atoms with Gasteiger partial charge in [-0.3, -0.25) is 9.69 Å². The van der Waals surface area contributed by atoms with Crippen molar-refractivity contribution in [2.75, 3.05) is 31.1 Å². The number of anilines is 1. The molecule has 0 bridgehead atoms. The number of halogens is 1. The standard InChI is InChI=1S/C24H22ClN5OS/c25-17-9-7-16(8-10-17)21(22(26)31)29-11-13-30(14-12-29)24-18-4-1-2-5-19(18)27-23(28-24)20-6-3-15-32-20/h1-10,15,21H,11-14H2,(H2,26,31)/t21-/m1/s1. The number of carbonyl (C=O) groups is 1. The van der Waals surface area contributed by atoms with Crippen LogP contribution >= 0.6 is 22.9 Å². The maximum absolute atomic E-state index is 12.3. The third kappa shape index (κ3) is 4.07. The van der Waals surface area contributed by atoms with E-state index in [4.69, 9.17) is 27.3 Å². The molecule has 0 unspecified atom stereocenters. The number of amides is 1. The molecule has 0 spiro atoms. The smallest absolute Gasteiger partial charge is 0.239 e. The fourth-order valence-electron chi connectivity index (χ4n) is 4.21. The summed E-state index contributed by atoms with van der Waals surface area (Å²) in [6.07, 6.45) is 0. The molecule has 1 aliphatic rings. The molecule has 0 aliphatic carbocycles. The summed E-state index contributed by atoms with van der Waals surface area (Å²) in [5.74, 6) is 1.32. The van der Waals surface area contributed by atoms with Gasteiger partial charge in [-0.25, -0.2) is 9.97 Å². The lowest BCUT2D eigenvalue weighted by atomic mass is 10.0. The van der Waals surface area contributed by atoms with E-state index < -0.39 is 6.04 Å². The third-order valence-corrected chi connectivity index (χ3v) is 6.88. The summed E-state index contributed by atoms with van der Waals surface area (Å²) >= 11 is 7.65. The van der Waals surface area contributed by atoms with Gasteiger partial charge in [0, 0.05) is 36.6 Å². The second-order valence-corrected chi connectivity index (χ2v) is 9.13. The van der Waals surface area contributed by atoms with E-state index in [-0.39, 0.29) is 5.91 Å². The molecular formula is C24H22ClN5OS. The summed E-state index contributed by atoms with van der Waals surface area (Å²) < 4.78 is 0. The molecule has 32 heavy (non-hydrogen) atoms. The summed E-state index contributed by atoms with van der Waals surface area (Å²) in [4.78, 5) is 27.5. The van der Waals surface area contributed by atoms with Crippen LogP contribution in [0.3, 0.4) is 0 Å². The molecule has 5 rings (SSSR count). The molecule has 1 amide bonds. The Hall–Kier alpha value is -3.00. The summed E-state index contributed by atoms with van der Waals surface area (Å²) in [7, 11) is 0. The highest BCUT2D eigenvalue weighted by atomic mass is 35.5. The van der Waals surface area contributed by atoms with Gasteiger partial charge in [0.1, 0.15) is 11.9 Å². The first kappa shape index (κ1) is 20.9. The average molecular weight is 464 g/mol. The number of nitrogens with two attached hydrogens (primary N) is 1. The Morgan fingerprint density at radius 2 is 1.72 bits per heavy atom. The number of aromatic nitrogens is 2. The minimum absolute atomic E-state index is 0.353. The Balaban J connectivity index is 1.42. The number of hydrogen-bond donors (Lipinski definition) is 1. The van der Waals surface area contributed by atoms with Crippen LogP contribution in [0.2, 0.25) is 5.02 Å². The van der Waals surface area contributed by atoms with Gasteiger partial charge in [-0.05, 0) is 41.3 Å². The highest BCUT2D eigenvalue weighted by Crippen LogP contribution is 2.31. The van der Waals surface area contributed by atoms with Gasteiger partial charge in [0.25, 0.3) is 0 Å². The van der Waals surface area contributed by atoms with E-state index in [1.54, 1.807) is 23.5 Å². The van der Waals surface area contributed by atoms with Gasteiger partial charge >= 0.3 is 0 Å². The van der Waals surface area contributed by atoms with Gasteiger partial charge in [0.15, 0.2) is 5.82 Å². The normalized spacial score (nSPS) is 15.7. The first-order valence-corrected chi connectivity index (χ1v) is 11.7. The molecule has 0 saturated carbocycles. The molecule has 2 aromatic carbocycles. The monoisotopic (exact) mass is 463 g/mol. The zero-order chi connectivity index (χ0) is 22.1. The van der Waals surface area contributed by atoms with E-state index in [2.05, 4.69) is 15.9 Å². The van der Waals surface area contributed by atoms with Crippen LogP contribution < -0.4 is 10.6 Å². The predicted molar refractivity (Wildman–Crippen MR) is 130 cm³/mol. The Kier molecular flexibility index (Phi) is 5.78. The van der Waals surface area contributed by atoms with Crippen molar-refractivity contribution in [2.24, 2.45) is 5.73 Å². The van der Waals surface area contributed by atoms with Crippen LogP contribution in [0.1, 0.15) is 11.6 Å². The van der Waals surface area contributed by atoms with Crippen molar-refractivity contribution in [1.29, 1.82) is 0 Å². The van der Waals surface area contributed by atoms with E-state index >= 15 is 0 Å². The first-order valence-electron chi connectivity index (χ1n) is 10.4. The number of nitrogens with zero attached hydrogens (tertiary/aromatic N) is 4. The fraction of sp³-hybridized carbons (Fsp3) is 0.208. The lowest BCUT2D eigenvalue weighted by Gasteiger charge is -2.39. The average Bonchev–Trinajstić information content (AvgIpc) is 3.35. The molecule has 8 heteroatoms. The Morgan fingerprint density at radius 3 is 2.41 bits per heavy atom. The molecular weight excluding hydrogens is 442 g/mol. The molecule has 2 N–H and O–H groups in total. The lowest BCUT2D eigenvalue weighted by Crippen LogP contribution is -2.50. The van der Waals surface area contributed by atoms with Crippen molar-refractivity contribution in [2.45, 2.75) is 6.04 Å². The van der Waals surface area contributed by atoms with E-state index in [1.807, 2.05) is 47.8 Å². The predicted octanol–water partition coefficient (Wildman–Crippen LogP) is 4.36. The Bertz CT molecular complexity index is 1240. The number of rotatable bonds is 5. The largest absolute Gasteiger partial charge is 0.368 e. The number of carbonyl (C=O) groups excluding carboxylic acids is 1. The summed E-state index contributed by atoms with van der Waals surface area (Å²) in [6, 6.07) is 19.0. The van der Waals surface area contributed by atoms with Crippen LogP contribution in [-0.4, -0.2) is 47.0 Å². The molecule has 162 valence electrons. The summed E-state index contributed by atoms with van der Waals surface area (Å²) in [6.45, 7) is 2.87. The second kappa shape index (κ2) is 8.86. The van der Waals surface area contributed by atoms with Crippen LogP contribution in [-0.2, 0) is 4.79 Å². The quantitative estimate of drug-likeness (QED) is 0.476. The molecule has 1 atom stereocenters. The van der Waals surface area contributed by atoms with Crippen LogP contribution in [0.4, 0.5) is 5.82 Å². The minimum atomic E-state index is -0.474. The number of primary amides is 1. The van der Waals surface area contributed by atoms with Crippen LogP contribution in [0.5, 0.6) is 0 Å². The lowest BCUT2D eigenvalue weighted by molar-refractivity contribution is -0.123. The highest BCUT2D eigenvalue weighted by Gasteiger charge is 2.30. The minimum Gasteiger partial charge on any atom is -0.368 e. The van der Waals surface area contributed by atoms with Gasteiger partial charge in [0.05, 0.1) is 10.4 Å². The van der Waals surface area contributed by atoms with E-state index in [0.29, 0.717) is 18.1 Å². The third-order valence-electron chi connectivity index (χ3n) is 5.76. The zero-order valence-electron chi connectivity index (χ0n) is 17.3. The maximum atomic E-state index is 12.3. The van der Waals surface area contributed by atoms with E-state index in [9.17, 15) is 4.79 Å². The van der Waals surface area contributed by atoms with Crippen LogP contribution in [0.25, 0.3) is 21.6 Å². The van der Waals surface area contributed by atoms with Gasteiger partial charge in [-0.15, -0.1) is 11.3 Å². The highest BCUT2D eigenvalue weighted by molar-refractivity contribution is 7.13.